The lowest BCUT2D eigenvalue weighted by Crippen LogP contribution is -2.74. The highest BCUT2D eigenvalue weighted by atomic mass is 28.3. The van der Waals surface area contributed by atoms with Crippen molar-refractivity contribution in [2.24, 2.45) is 47.3 Å². The molecule has 8 bridgehead atoms. The lowest BCUT2D eigenvalue weighted by atomic mass is 9.41. The van der Waals surface area contributed by atoms with Gasteiger partial charge in [-0.3, -0.25) is 0 Å². The summed E-state index contributed by atoms with van der Waals surface area (Å²) in [5.41, 5.74) is 18.5. The van der Waals surface area contributed by atoms with Gasteiger partial charge in [-0.15, -0.1) is 0 Å². The van der Waals surface area contributed by atoms with E-state index in [1.165, 1.54) is 179 Å². The van der Waals surface area contributed by atoms with Crippen LogP contribution in [0, 0.1) is 47.3 Å². The summed E-state index contributed by atoms with van der Waals surface area (Å²) in [6.45, 7) is 0. The molecule has 1 aliphatic heterocycles. The number of hydrogen-bond acceptors (Lipinski definition) is 1. The number of para-hydroxylation sites is 6. The van der Waals surface area contributed by atoms with E-state index in [-0.39, 0.29) is 5.41 Å². The predicted molar refractivity (Wildman–Crippen MR) is 516 cm³/mol. The Labute approximate surface area is 719 Å². The first-order chi connectivity index (χ1) is 60.8. The largest absolute Gasteiger partial charge is 0.385 e. The van der Waals surface area contributed by atoms with Gasteiger partial charge in [0.05, 0.1) is 61.1 Å². The van der Waals surface area contributed by atoms with Gasteiger partial charge in [0.25, 0.3) is 0 Å². The monoisotopic (exact) mass is 1610 g/mol. The molecule has 5 nitrogen and oxygen atoms in total. The van der Waals surface area contributed by atoms with Gasteiger partial charge in [-0.25, -0.2) is 0 Å². The molecule has 592 valence electrons. The summed E-state index contributed by atoms with van der Waals surface area (Å²) in [5.74, 6) is 5.50. The Morgan fingerprint density at radius 1 is 0.211 bits per heavy atom. The minimum absolute atomic E-state index is 0.104. The van der Waals surface area contributed by atoms with Crippen LogP contribution in [0.1, 0.15) is 80.9 Å². The van der Waals surface area contributed by atoms with Crippen molar-refractivity contribution in [2.75, 3.05) is 0 Å². The second-order valence-corrected chi connectivity index (χ2v) is 45.1. The molecular formula is C116H94N4OSi2. The van der Waals surface area contributed by atoms with E-state index in [9.17, 15) is 5.11 Å². The molecule has 1 N–H and O–H groups in total. The summed E-state index contributed by atoms with van der Waals surface area (Å²) in [6, 6.07) is 149. The Hall–Kier alpha value is -12.9. The molecule has 20 aromatic rings. The SMILES string of the molecule is OC1(c2ccccc2-n2c3ccccc3c3cc(-n4c5ccccc5c5ccc([Si](c6ccccc6)(c6ccccc6)c6ccccc6)cc54)ccc32)C2CC3CC(C2)CC1C3.c1ccc([Si](c2ccccc2)(c2ccccc2)c2ccc3c4ccccc4n(-c4ccc5c(c4)c4cccc6c4n5-c4ccccc4C64C5CC6CC(C5)CC4C6)c3c2)cc1. The number of aliphatic hydroxyl groups is 1. The summed E-state index contributed by atoms with van der Waals surface area (Å²) >= 11 is 0. The molecule has 0 amide bonds. The standard InChI is InChI=1S/C58H48N2OSi.C58H46N2Si/c61-58(41-33-39-32-40(35-41)36-42(58)34-39)52-24-12-15-27-56(52)60-54-26-14-11-23-49(54)51-37-43(28-31-55(51)60)59-53-25-13-10-22-48(53)50-30-29-47(38-57(50)59)62(44-16-4-1-5-17-44,45-18-6-2-7-19-45)46-20-8-3-9-21-46;1-4-15-43(16-5-1)61(44-17-6-2-7-18-44,45-19-8-3-9-20-45)46-28-29-48-47-21-10-12-25-53(47)59(56(48)37-46)42-27-30-54-50(36-42)49-22-14-24-52-57(49)60(54)55-26-13-11-23-51(55)58(52)40-32-38-31-39(34-40)35-41(58)33-38/h1-31,37-42,61H,32-36H2;1-30,36-41H,31-35H2. The van der Waals surface area contributed by atoms with Gasteiger partial charge < -0.3 is 23.4 Å². The number of benzene rings is 16. The highest BCUT2D eigenvalue weighted by molar-refractivity contribution is 7.20. The van der Waals surface area contributed by atoms with Crippen LogP contribution in [0.4, 0.5) is 0 Å². The third-order valence-electron chi connectivity index (χ3n) is 31.8. The molecule has 0 saturated heterocycles. The third-order valence-corrected chi connectivity index (χ3v) is 41.4. The molecule has 123 heavy (non-hydrogen) atoms. The maximum atomic E-state index is 13.0. The molecule has 8 fully saturated rings. The van der Waals surface area contributed by atoms with E-state index in [1.54, 1.807) is 11.1 Å². The maximum absolute atomic E-state index is 13.0. The summed E-state index contributed by atoms with van der Waals surface area (Å²) in [4.78, 5) is 0. The number of hydrogen-bond donors (Lipinski definition) is 1. The van der Waals surface area contributed by atoms with E-state index in [4.69, 9.17) is 0 Å². The van der Waals surface area contributed by atoms with E-state index >= 15 is 0 Å². The zero-order valence-electron chi connectivity index (χ0n) is 69.0. The van der Waals surface area contributed by atoms with Crippen LogP contribution in [0.5, 0.6) is 0 Å². The van der Waals surface area contributed by atoms with Crippen LogP contribution < -0.4 is 41.5 Å². The Morgan fingerprint density at radius 3 is 0.951 bits per heavy atom. The van der Waals surface area contributed by atoms with Crippen molar-refractivity contribution in [3.63, 3.8) is 0 Å². The van der Waals surface area contributed by atoms with Crippen molar-refractivity contribution in [2.45, 2.75) is 75.2 Å². The number of fused-ring (bicyclic) bond motifs is 14. The van der Waals surface area contributed by atoms with Gasteiger partial charge in [-0.2, -0.15) is 0 Å². The second kappa shape index (κ2) is 27.6. The van der Waals surface area contributed by atoms with Crippen LogP contribution in [-0.2, 0) is 11.0 Å². The molecule has 5 heterocycles. The fourth-order valence-electron chi connectivity index (χ4n) is 27.6. The number of nitrogens with zero attached hydrogens (tertiary/aromatic N) is 4. The highest BCUT2D eigenvalue weighted by Crippen LogP contribution is 2.68. The zero-order chi connectivity index (χ0) is 80.9. The van der Waals surface area contributed by atoms with Gasteiger partial charge in [0.15, 0.2) is 16.1 Å². The second-order valence-electron chi connectivity index (χ2n) is 37.5. The van der Waals surface area contributed by atoms with Crippen LogP contribution in [0.25, 0.3) is 110 Å². The first kappa shape index (κ1) is 71.8. The first-order valence-electron chi connectivity index (χ1n) is 45.3. The van der Waals surface area contributed by atoms with E-state index < -0.39 is 21.7 Å². The van der Waals surface area contributed by atoms with Crippen molar-refractivity contribution >= 4 is 145 Å². The van der Waals surface area contributed by atoms with E-state index in [2.05, 4.69) is 413 Å². The Bertz CT molecular complexity index is 7360. The molecular weight excluding hydrogens is 1520 g/mol. The smallest absolute Gasteiger partial charge is 0.179 e. The molecule has 0 radical (unpaired) electrons. The Balaban J connectivity index is 0.000000132. The number of aromatic nitrogens is 4. The normalized spacial score (nSPS) is 22.3. The zero-order valence-corrected chi connectivity index (χ0v) is 71.0. The third kappa shape index (κ3) is 10.2. The Morgan fingerprint density at radius 2 is 0.520 bits per heavy atom. The van der Waals surface area contributed by atoms with Crippen molar-refractivity contribution in [3.8, 4) is 22.7 Å². The molecule has 8 saturated carbocycles. The van der Waals surface area contributed by atoms with Crippen molar-refractivity contribution in [1.82, 2.24) is 18.3 Å². The summed E-state index contributed by atoms with van der Waals surface area (Å²) in [6.07, 6.45) is 13.0. The molecule has 29 rings (SSSR count). The molecule has 0 atom stereocenters. The Kier molecular flexibility index (Phi) is 16.1. The van der Waals surface area contributed by atoms with Gasteiger partial charge in [0, 0.05) is 65.4 Å². The average molecular weight is 1620 g/mol. The van der Waals surface area contributed by atoms with Gasteiger partial charge in [-0.05, 0) is 243 Å². The van der Waals surface area contributed by atoms with E-state index in [0.717, 1.165) is 78.1 Å². The quantitative estimate of drug-likeness (QED) is 0.0961. The minimum Gasteiger partial charge on any atom is -0.385 e. The van der Waals surface area contributed by atoms with E-state index in [0.29, 0.717) is 11.8 Å². The van der Waals surface area contributed by atoms with Crippen LogP contribution in [-0.4, -0.2) is 39.5 Å². The van der Waals surface area contributed by atoms with Crippen molar-refractivity contribution in [1.29, 1.82) is 0 Å². The van der Waals surface area contributed by atoms with E-state index in [1.807, 2.05) is 0 Å². The van der Waals surface area contributed by atoms with Crippen molar-refractivity contribution < 1.29 is 5.11 Å². The maximum Gasteiger partial charge on any atom is 0.179 e. The van der Waals surface area contributed by atoms with Crippen LogP contribution in [0.15, 0.2) is 394 Å². The van der Waals surface area contributed by atoms with Gasteiger partial charge in [-0.1, -0.05) is 315 Å². The van der Waals surface area contributed by atoms with Gasteiger partial charge in [0.2, 0.25) is 0 Å². The lowest BCUT2D eigenvalue weighted by Gasteiger charge is -2.63. The van der Waals surface area contributed by atoms with Crippen molar-refractivity contribution in [3.05, 3.63) is 411 Å². The summed E-state index contributed by atoms with van der Waals surface area (Å²) in [5, 5.41) is 34.3. The van der Waals surface area contributed by atoms with Gasteiger partial charge in [0.1, 0.15) is 0 Å². The molecule has 0 unspecified atom stereocenters. The lowest BCUT2D eigenvalue weighted by molar-refractivity contribution is -0.179. The predicted octanol–water partition coefficient (Wildman–Crippen LogP) is 22.2. The fourth-order valence-corrected chi connectivity index (χ4v) is 37.1. The first-order valence-corrected chi connectivity index (χ1v) is 49.3. The summed E-state index contributed by atoms with van der Waals surface area (Å²) in [7, 11) is -5.53. The average Bonchev–Trinajstić information content (AvgIpc) is 1.65. The topological polar surface area (TPSA) is 39.9 Å². The van der Waals surface area contributed by atoms with Crippen LogP contribution in [0.3, 0.4) is 0 Å². The molecule has 8 aliphatic carbocycles. The number of rotatable bonds is 12. The molecule has 4 aromatic heterocycles. The molecule has 1 spiro atoms. The van der Waals surface area contributed by atoms with Crippen LogP contribution in [0.2, 0.25) is 0 Å². The molecule has 9 aliphatic rings. The van der Waals surface area contributed by atoms with Crippen LogP contribution >= 0.6 is 0 Å². The molecule has 7 heteroatoms. The van der Waals surface area contributed by atoms with Gasteiger partial charge >= 0.3 is 0 Å². The summed E-state index contributed by atoms with van der Waals surface area (Å²) < 4.78 is 10.2. The fraction of sp³-hybridized carbons (Fsp3) is 0.172. The minimum atomic E-state index is -2.78. The highest BCUT2D eigenvalue weighted by Gasteiger charge is 2.62. The molecule has 16 aromatic carbocycles.